The number of rotatable bonds is 6. The molecule has 1 aliphatic carbocycles. The Balaban J connectivity index is 3.58. The first kappa shape index (κ1) is 27.8. The fourth-order valence-electron chi connectivity index (χ4n) is 3.56. The third-order valence-corrected chi connectivity index (χ3v) is 11.7. The van der Waals surface area contributed by atoms with Gasteiger partial charge in [0.1, 0.15) is 0 Å². The smallest absolute Gasteiger partial charge is 0.0732 e. The zero-order chi connectivity index (χ0) is 18.9. The molecule has 24 heavy (non-hydrogen) atoms. The van der Waals surface area contributed by atoms with Gasteiger partial charge in [-0.2, -0.15) is 0 Å². The first-order valence-electron chi connectivity index (χ1n) is 6.62. The van der Waals surface area contributed by atoms with Crippen LogP contribution < -0.4 is 0 Å². The maximum absolute atomic E-state index is 3.81. The number of halogens is 12. The van der Waals surface area contributed by atoms with Crippen LogP contribution in [0.1, 0.15) is 0 Å². The van der Waals surface area contributed by atoms with Gasteiger partial charge in [-0.15, -0.1) is 0 Å². The molecule has 0 spiro atoms. The van der Waals surface area contributed by atoms with Crippen molar-refractivity contribution in [1.82, 2.24) is 0 Å². The van der Waals surface area contributed by atoms with Crippen LogP contribution in [-0.4, -0.2) is 22.4 Å². The third kappa shape index (κ3) is 6.88. The van der Waals surface area contributed by atoms with Crippen LogP contribution in [0.4, 0.5) is 0 Å². The van der Waals surface area contributed by atoms with Gasteiger partial charge in [0, 0.05) is 0 Å². The highest BCUT2D eigenvalue weighted by Gasteiger charge is 2.58. The molecule has 1 saturated carbocycles. The normalized spacial score (nSPS) is 35.2. The minimum atomic E-state index is 0.183. The summed E-state index contributed by atoms with van der Waals surface area (Å²) < 4.78 is 1.10. The molecular formula is C12H12Br12. The van der Waals surface area contributed by atoms with Crippen molar-refractivity contribution in [3.8, 4) is 0 Å². The lowest BCUT2D eigenvalue weighted by molar-refractivity contribution is 0.0307. The first-order valence-corrected chi connectivity index (χ1v) is 17.6. The Morgan fingerprint density at radius 2 is 0.333 bits per heavy atom. The molecule has 0 radical (unpaired) electrons. The van der Waals surface area contributed by atoms with E-state index in [0.717, 1.165) is 0 Å². The van der Waals surface area contributed by atoms with Gasteiger partial charge in [0.05, 0.1) is 22.4 Å². The molecule has 0 N–H and O–H groups in total. The Hall–Kier alpha value is 5.76. The van der Waals surface area contributed by atoms with Gasteiger partial charge in [0.2, 0.25) is 0 Å². The second-order valence-electron chi connectivity index (χ2n) is 5.47. The van der Waals surface area contributed by atoms with E-state index < -0.39 is 0 Å². The van der Waals surface area contributed by atoms with Crippen LogP contribution in [0, 0.1) is 35.5 Å². The van der Waals surface area contributed by atoms with Gasteiger partial charge in [0.25, 0.3) is 0 Å². The Bertz CT molecular complexity index is 279. The fourth-order valence-corrected chi connectivity index (χ4v) is 12.0. The molecule has 0 heterocycles. The molecule has 0 aromatic heterocycles. The zero-order valence-electron chi connectivity index (χ0n) is 11.5. The lowest BCUT2D eigenvalue weighted by atomic mass is 9.59. The van der Waals surface area contributed by atoms with E-state index in [-0.39, 0.29) is 22.4 Å². The molecule has 0 aliphatic heterocycles. The van der Waals surface area contributed by atoms with Crippen molar-refractivity contribution in [3.63, 3.8) is 0 Å². The van der Waals surface area contributed by atoms with Gasteiger partial charge in [-0.05, 0) is 35.5 Å². The molecule has 0 aromatic carbocycles. The van der Waals surface area contributed by atoms with Crippen molar-refractivity contribution < 1.29 is 0 Å². The van der Waals surface area contributed by atoms with Crippen molar-refractivity contribution in [2.75, 3.05) is 0 Å². The van der Waals surface area contributed by atoms with Crippen LogP contribution in [0.2, 0.25) is 0 Å². The molecular weight excluding hydrogens is 1100 g/mol. The largest absolute Gasteiger partial charge is 0.0762 e. The number of alkyl halides is 12. The van der Waals surface area contributed by atoms with Crippen LogP contribution in [0.25, 0.3) is 0 Å². The predicted molar refractivity (Wildman–Crippen MR) is 151 cm³/mol. The van der Waals surface area contributed by atoms with E-state index in [2.05, 4.69) is 191 Å². The summed E-state index contributed by atoms with van der Waals surface area (Å²) in [6, 6.07) is 0. The lowest BCUT2D eigenvalue weighted by Gasteiger charge is -2.56. The second kappa shape index (κ2) is 12.7. The van der Waals surface area contributed by atoms with E-state index in [1.807, 2.05) is 0 Å². The quantitative estimate of drug-likeness (QED) is 0.233. The maximum Gasteiger partial charge on any atom is 0.0732 e. The number of hydrogen-bond acceptors (Lipinski definition) is 0. The molecule has 0 aromatic rings. The van der Waals surface area contributed by atoms with E-state index in [4.69, 9.17) is 0 Å². The summed E-state index contributed by atoms with van der Waals surface area (Å²) >= 11 is 45.7. The van der Waals surface area contributed by atoms with Crippen LogP contribution >= 0.6 is 191 Å². The van der Waals surface area contributed by atoms with Crippen LogP contribution in [0.3, 0.4) is 0 Å². The van der Waals surface area contributed by atoms with E-state index in [9.17, 15) is 0 Å². The minimum Gasteiger partial charge on any atom is -0.0762 e. The molecule has 0 nitrogen and oxygen atoms in total. The first-order chi connectivity index (χ1) is 10.9. The van der Waals surface area contributed by atoms with E-state index in [1.54, 1.807) is 0 Å². The van der Waals surface area contributed by atoms with Crippen molar-refractivity contribution in [2.45, 2.75) is 22.4 Å². The molecule has 1 aliphatic rings. The van der Waals surface area contributed by atoms with Crippen LogP contribution in [0.5, 0.6) is 0 Å². The fraction of sp³-hybridized carbons (Fsp3) is 1.00. The number of hydrogen-bond donors (Lipinski definition) is 0. The summed E-state index contributed by atoms with van der Waals surface area (Å²) in [4.78, 5) is 0. The van der Waals surface area contributed by atoms with Gasteiger partial charge in [-0.3, -0.25) is 0 Å². The van der Waals surface area contributed by atoms with Crippen molar-refractivity contribution in [1.29, 1.82) is 0 Å². The topological polar surface area (TPSA) is 0 Å². The molecule has 144 valence electrons. The van der Waals surface area contributed by atoms with Gasteiger partial charge in [0.15, 0.2) is 0 Å². The lowest BCUT2D eigenvalue weighted by Crippen LogP contribution is -2.56. The minimum absolute atomic E-state index is 0.183. The second-order valence-corrected chi connectivity index (χ2v) is 24.7. The summed E-state index contributed by atoms with van der Waals surface area (Å²) in [7, 11) is 0. The Morgan fingerprint density at radius 3 is 0.375 bits per heavy atom. The summed E-state index contributed by atoms with van der Waals surface area (Å²) in [5.41, 5.74) is 0. The Morgan fingerprint density at radius 1 is 0.250 bits per heavy atom. The van der Waals surface area contributed by atoms with Crippen LogP contribution in [0.15, 0.2) is 0 Å². The van der Waals surface area contributed by atoms with Crippen molar-refractivity contribution in [2.24, 2.45) is 35.5 Å². The van der Waals surface area contributed by atoms with E-state index in [0.29, 0.717) is 35.5 Å². The zero-order valence-corrected chi connectivity index (χ0v) is 30.5. The molecule has 0 unspecified atom stereocenters. The summed E-state index contributed by atoms with van der Waals surface area (Å²) in [5.74, 6) is 2.15. The summed E-state index contributed by atoms with van der Waals surface area (Å²) in [6.45, 7) is 0. The van der Waals surface area contributed by atoms with E-state index in [1.165, 1.54) is 0 Å². The Kier molecular flexibility index (Phi) is 14.7. The molecule has 12 heteroatoms. The van der Waals surface area contributed by atoms with Gasteiger partial charge in [-0.25, -0.2) is 0 Å². The standard InChI is InChI=1S/C12H12Br12/c13-7(14)1-2(8(15)16)4(10(19)20)6(12(23)24)5(11(21)22)3(1)9(17)18/h1-12H. The molecule has 0 bridgehead atoms. The average molecular weight is 1120 g/mol. The van der Waals surface area contributed by atoms with E-state index >= 15 is 0 Å². The summed E-state index contributed by atoms with van der Waals surface area (Å²) in [5, 5.41) is 0. The Labute approximate surface area is 244 Å². The van der Waals surface area contributed by atoms with Gasteiger partial charge >= 0.3 is 0 Å². The molecule has 0 amide bonds. The molecule has 0 saturated heterocycles. The molecule has 0 atom stereocenters. The highest BCUT2D eigenvalue weighted by atomic mass is 79.9. The third-order valence-electron chi connectivity index (χ3n) is 4.41. The maximum atomic E-state index is 3.81. The average Bonchev–Trinajstić information content (AvgIpc) is 2.42. The van der Waals surface area contributed by atoms with Crippen molar-refractivity contribution >= 4 is 191 Å². The highest BCUT2D eigenvalue weighted by molar-refractivity contribution is 9.26. The SMILES string of the molecule is BrC(Br)C1C(C(Br)Br)C(C(Br)Br)C(C(Br)Br)C(C(Br)Br)C1C(Br)Br. The predicted octanol–water partition coefficient (Wildman–Crippen LogP) is 10.4. The molecule has 1 fully saturated rings. The van der Waals surface area contributed by atoms with Gasteiger partial charge < -0.3 is 0 Å². The molecule has 1 rings (SSSR count). The van der Waals surface area contributed by atoms with Crippen LogP contribution in [-0.2, 0) is 0 Å². The van der Waals surface area contributed by atoms with Crippen molar-refractivity contribution in [3.05, 3.63) is 0 Å². The monoisotopic (exact) mass is 1100 g/mol. The van der Waals surface area contributed by atoms with Gasteiger partial charge in [-0.1, -0.05) is 191 Å². The highest BCUT2D eigenvalue weighted by Crippen LogP contribution is 2.62. The summed E-state index contributed by atoms with van der Waals surface area (Å²) in [6.07, 6.45) is 0.